The van der Waals surface area contributed by atoms with Gasteiger partial charge in [-0.05, 0) is 19.9 Å². The molecule has 1 heterocycles. The maximum absolute atomic E-state index is 11.6. The Morgan fingerprint density at radius 1 is 1.53 bits per heavy atom. The van der Waals surface area contributed by atoms with Gasteiger partial charge in [0.15, 0.2) is 5.76 Å². The molecular weight excluding hydrogens is 198 g/mol. The van der Waals surface area contributed by atoms with Gasteiger partial charge in [-0.1, -0.05) is 0 Å². The Hall–Kier alpha value is -1.33. The Morgan fingerprint density at radius 2 is 2.13 bits per heavy atom. The van der Waals surface area contributed by atoms with Crippen molar-refractivity contribution in [2.75, 3.05) is 13.2 Å². The lowest BCUT2D eigenvalue weighted by atomic mass is 10.1. The van der Waals surface area contributed by atoms with Crippen LogP contribution in [-0.2, 0) is 0 Å². The number of carbonyl (C=O) groups is 1. The van der Waals surface area contributed by atoms with Gasteiger partial charge in [0.05, 0.1) is 25.0 Å². The average molecular weight is 213 g/mol. The molecule has 0 unspecified atom stereocenters. The van der Waals surface area contributed by atoms with Gasteiger partial charge < -0.3 is 19.9 Å². The number of aryl methyl sites for hydroxylation is 1. The molecule has 0 aromatic carbocycles. The van der Waals surface area contributed by atoms with Crippen molar-refractivity contribution in [1.82, 2.24) is 5.32 Å². The van der Waals surface area contributed by atoms with Crippen LogP contribution in [0.15, 0.2) is 16.7 Å². The van der Waals surface area contributed by atoms with Crippen molar-refractivity contribution in [3.8, 4) is 0 Å². The molecule has 1 aromatic rings. The van der Waals surface area contributed by atoms with Crippen LogP contribution in [0.5, 0.6) is 0 Å². The second-order valence-corrected chi connectivity index (χ2v) is 3.76. The summed E-state index contributed by atoms with van der Waals surface area (Å²) in [7, 11) is 0. The predicted molar refractivity (Wildman–Crippen MR) is 53.5 cm³/mol. The summed E-state index contributed by atoms with van der Waals surface area (Å²) in [6.07, 6.45) is 1.42. The van der Waals surface area contributed by atoms with E-state index in [0.717, 1.165) is 0 Å². The van der Waals surface area contributed by atoms with E-state index in [1.807, 2.05) is 0 Å². The molecule has 5 heteroatoms. The van der Waals surface area contributed by atoms with Crippen LogP contribution in [0.2, 0.25) is 0 Å². The van der Waals surface area contributed by atoms with Gasteiger partial charge in [-0.15, -0.1) is 0 Å². The molecule has 5 nitrogen and oxygen atoms in total. The molecule has 15 heavy (non-hydrogen) atoms. The van der Waals surface area contributed by atoms with Gasteiger partial charge in [-0.25, -0.2) is 0 Å². The van der Waals surface area contributed by atoms with Gasteiger partial charge in [0, 0.05) is 5.56 Å². The minimum atomic E-state index is -1.03. The van der Waals surface area contributed by atoms with Crippen molar-refractivity contribution in [1.29, 1.82) is 0 Å². The minimum absolute atomic E-state index is 0.197. The highest BCUT2D eigenvalue weighted by Gasteiger charge is 2.26. The monoisotopic (exact) mass is 213 g/mol. The minimum Gasteiger partial charge on any atom is -0.459 e. The van der Waals surface area contributed by atoms with Crippen LogP contribution in [0.3, 0.4) is 0 Å². The predicted octanol–water partition coefficient (Wildman–Crippen LogP) is 0.0611. The largest absolute Gasteiger partial charge is 0.459 e. The quantitative estimate of drug-likeness (QED) is 0.660. The van der Waals surface area contributed by atoms with Crippen molar-refractivity contribution < 1.29 is 19.4 Å². The maximum atomic E-state index is 11.6. The zero-order valence-electron chi connectivity index (χ0n) is 8.78. The summed E-state index contributed by atoms with van der Waals surface area (Å²) in [4.78, 5) is 11.6. The first-order chi connectivity index (χ1) is 7.02. The molecule has 0 saturated heterocycles. The summed E-state index contributed by atoms with van der Waals surface area (Å²) in [5.41, 5.74) is -0.318. The van der Waals surface area contributed by atoms with Crippen molar-refractivity contribution in [3.05, 3.63) is 23.7 Å². The molecular formula is C10H15NO4. The fourth-order valence-corrected chi connectivity index (χ4v) is 1.07. The standard InChI is InChI=1S/C10H15NO4/c1-7-3-4-15-8(7)9(14)11-10(2,5-12)6-13/h3-4,12-13H,5-6H2,1-2H3,(H,11,14). The third kappa shape index (κ3) is 2.57. The van der Waals surface area contributed by atoms with Crippen LogP contribution in [0.1, 0.15) is 23.0 Å². The lowest BCUT2D eigenvalue weighted by Gasteiger charge is -2.25. The van der Waals surface area contributed by atoms with Crippen molar-refractivity contribution in [2.45, 2.75) is 19.4 Å². The third-order valence-corrected chi connectivity index (χ3v) is 2.18. The molecule has 1 rings (SSSR count). The summed E-state index contributed by atoms with van der Waals surface area (Å²) in [5.74, 6) is -0.244. The van der Waals surface area contributed by atoms with Crippen LogP contribution in [0.25, 0.3) is 0 Å². The normalized spacial score (nSPS) is 11.5. The molecule has 0 aliphatic rings. The smallest absolute Gasteiger partial charge is 0.287 e. The Balaban J connectivity index is 2.76. The molecule has 84 valence electrons. The number of hydrogen-bond acceptors (Lipinski definition) is 4. The Bertz CT molecular complexity index is 341. The molecule has 0 fully saturated rings. The Kier molecular flexibility index (Phi) is 3.49. The molecule has 1 aromatic heterocycles. The summed E-state index contributed by atoms with van der Waals surface area (Å²) >= 11 is 0. The zero-order chi connectivity index (χ0) is 11.5. The van der Waals surface area contributed by atoms with E-state index < -0.39 is 11.4 Å². The summed E-state index contributed by atoms with van der Waals surface area (Å²) in [6.45, 7) is 2.61. The lowest BCUT2D eigenvalue weighted by Crippen LogP contribution is -2.51. The number of hydrogen-bond donors (Lipinski definition) is 3. The topological polar surface area (TPSA) is 82.7 Å². The number of rotatable bonds is 4. The number of aliphatic hydroxyl groups excluding tert-OH is 2. The van der Waals surface area contributed by atoms with E-state index in [1.54, 1.807) is 19.9 Å². The lowest BCUT2D eigenvalue weighted by molar-refractivity contribution is 0.0700. The van der Waals surface area contributed by atoms with Crippen LogP contribution >= 0.6 is 0 Å². The van der Waals surface area contributed by atoms with Crippen LogP contribution in [-0.4, -0.2) is 34.9 Å². The zero-order valence-corrected chi connectivity index (χ0v) is 8.78. The number of amides is 1. The van der Waals surface area contributed by atoms with Gasteiger partial charge in [-0.2, -0.15) is 0 Å². The molecule has 0 aliphatic heterocycles. The first kappa shape index (κ1) is 11.7. The average Bonchev–Trinajstić information content (AvgIpc) is 2.64. The highest BCUT2D eigenvalue weighted by Crippen LogP contribution is 2.10. The van der Waals surface area contributed by atoms with E-state index in [0.29, 0.717) is 5.56 Å². The summed E-state index contributed by atoms with van der Waals surface area (Å²) < 4.78 is 4.99. The molecule has 0 saturated carbocycles. The number of aliphatic hydroxyl groups is 2. The molecule has 0 spiro atoms. The van der Waals surface area contributed by atoms with E-state index in [4.69, 9.17) is 14.6 Å². The van der Waals surface area contributed by atoms with E-state index in [9.17, 15) is 4.79 Å². The van der Waals surface area contributed by atoms with E-state index in [-0.39, 0.29) is 19.0 Å². The van der Waals surface area contributed by atoms with Gasteiger partial charge in [0.2, 0.25) is 0 Å². The fourth-order valence-electron chi connectivity index (χ4n) is 1.07. The highest BCUT2D eigenvalue weighted by molar-refractivity contribution is 5.93. The fraction of sp³-hybridized carbons (Fsp3) is 0.500. The van der Waals surface area contributed by atoms with Crippen molar-refractivity contribution >= 4 is 5.91 Å². The molecule has 0 bridgehead atoms. The third-order valence-electron chi connectivity index (χ3n) is 2.18. The van der Waals surface area contributed by atoms with Gasteiger partial charge >= 0.3 is 0 Å². The van der Waals surface area contributed by atoms with Crippen LogP contribution < -0.4 is 5.32 Å². The van der Waals surface area contributed by atoms with Crippen LogP contribution in [0, 0.1) is 6.92 Å². The molecule has 1 amide bonds. The molecule has 0 atom stereocenters. The van der Waals surface area contributed by atoms with E-state index in [2.05, 4.69) is 5.32 Å². The van der Waals surface area contributed by atoms with Gasteiger partial charge in [0.25, 0.3) is 5.91 Å². The first-order valence-corrected chi connectivity index (χ1v) is 4.61. The summed E-state index contributed by atoms with van der Waals surface area (Å²) in [6, 6.07) is 1.67. The number of carbonyl (C=O) groups excluding carboxylic acids is 1. The second kappa shape index (κ2) is 4.46. The SMILES string of the molecule is Cc1ccoc1C(=O)NC(C)(CO)CO. The molecule has 0 aliphatic carbocycles. The molecule has 3 N–H and O–H groups in total. The van der Waals surface area contributed by atoms with Crippen molar-refractivity contribution in [2.24, 2.45) is 0 Å². The van der Waals surface area contributed by atoms with Crippen LogP contribution in [0.4, 0.5) is 0 Å². The van der Waals surface area contributed by atoms with Crippen molar-refractivity contribution in [3.63, 3.8) is 0 Å². The van der Waals surface area contributed by atoms with E-state index in [1.165, 1.54) is 6.26 Å². The van der Waals surface area contributed by atoms with E-state index >= 15 is 0 Å². The number of nitrogens with one attached hydrogen (secondary N) is 1. The Morgan fingerprint density at radius 3 is 2.53 bits per heavy atom. The number of furan rings is 1. The van der Waals surface area contributed by atoms with Gasteiger partial charge in [0.1, 0.15) is 0 Å². The maximum Gasteiger partial charge on any atom is 0.287 e. The first-order valence-electron chi connectivity index (χ1n) is 4.61. The summed E-state index contributed by atoms with van der Waals surface area (Å²) in [5, 5.41) is 20.5. The van der Waals surface area contributed by atoms with Gasteiger partial charge in [-0.3, -0.25) is 4.79 Å². The highest BCUT2D eigenvalue weighted by atomic mass is 16.3. The second-order valence-electron chi connectivity index (χ2n) is 3.76. The Labute approximate surface area is 87.7 Å². The molecule has 0 radical (unpaired) electrons.